The third-order valence-electron chi connectivity index (χ3n) is 7.41. The number of rotatable bonds is 10. The third-order valence-corrected chi connectivity index (χ3v) is 7.41. The fraction of sp³-hybridized carbons (Fsp3) is 0.536. The molecule has 4 rings (SSSR count). The summed E-state index contributed by atoms with van der Waals surface area (Å²) >= 11 is 0. The van der Waals surface area contributed by atoms with E-state index < -0.39 is 90.9 Å². The second-order valence-corrected chi connectivity index (χ2v) is 10.4. The van der Waals surface area contributed by atoms with Crippen molar-refractivity contribution in [2.75, 3.05) is 13.7 Å². The second-order valence-electron chi connectivity index (χ2n) is 10.4. The van der Waals surface area contributed by atoms with Crippen LogP contribution in [0.5, 0.6) is 28.7 Å². The molecule has 43 heavy (non-hydrogen) atoms. The van der Waals surface area contributed by atoms with Crippen LogP contribution in [0.1, 0.15) is 29.3 Å². The summed E-state index contributed by atoms with van der Waals surface area (Å²) in [6, 6.07) is 6.59. The van der Waals surface area contributed by atoms with Crippen LogP contribution in [0.25, 0.3) is 0 Å². The molecule has 15 nitrogen and oxygen atoms in total. The molecule has 0 radical (unpaired) electrons. The molecule has 2 aromatic rings. The normalized spacial score (nSPS) is 32.7. The number of aromatic hydroxyl groups is 3. The summed E-state index contributed by atoms with van der Waals surface area (Å²) in [6.07, 6.45) is -15.5. The molecule has 0 unspecified atom stereocenters. The number of carbonyl (C=O) groups excluding carboxylic acids is 1. The lowest BCUT2D eigenvalue weighted by Crippen LogP contribution is -2.64. The van der Waals surface area contributed by atoms with Gasteiger partial charge in [-0.1, -0.05) is 6.07 Å². The molecule has 2 aromatic carbocycles. The van der Waals surface area contributed by atoms with Crippen molar-refractivity contribution < 1.29 is 74.4 Å². The van der Waals surface area contributed by atoms with E-state index in [0.717, 1.165) is 12.1 Å². The van der Waals surface area contributed by atoms with Gasteiger partial charge in [-0.15, -0.1) is 0 Å². The van der Waals surface area contributed by atoms with E-state index >= 15 is 0 Å². The van der Waals surface area contributed by atoms with Crippen LogP contribution in [0.3, 0.4) is 0 Å². The minimum atomic E-state index is -1.79. The highest BCUT2D eigenvalue weighted by atomic mass is 16.8. The monoisotopic (exact) mass is 612 g/mol. The number of hydrogen-bond acceptors (Lipinski definition) is 15. The van der Waals surface area contributed by atoms with Crippen molar-refractivity contribution in [3.8, 4) is 28.7 Å². The van der Waals surface area contributed by atoms with Crippen LogP contribution < -0.4 is 9.47 Å². The highest BCUT2D eigenvalue weighted by Gasteiger charge is 2.51. The molecule has 2 aliphatic heterocycles. The van der Waals surface area contributed by atoms with E-state index in [1.807, 2.05) is 0 Å². The Balaban J connectivity index is 1.51. The van der Waals surface area contributed by atoms with Gasteiger partial charge in [-0.05, 0) is 31.0 Å². The molecular weight excluding hydrogens is 576 g/mol. The van der Waals surface area contributed by atoms with Crippen molar-refractivity contribution in [3.05, 3.63) is 41.5 Å². The van der Waals surface area contributed by atoms with Gasteiger partial charge in [-0.25, -0.2) is 0 Å². The number of ether oxygens (including phenoxy) is 5. The van der Waals surface area contributed by atoms with Gasteiger partial charge in [0.05, 0.1) is 19.8 Å². The Hall–Kier alpha value is -3.25. The Morgan fingerprint density at radius 2 is 1.51 bits per heavy atom. The summed E-state index contributed by atoms with van der Waals surface area (Å²) in [6.45, 7) is 0.662. The number of aliphatic hydroxyl groups excluding tert-OH is 6. The Bertz CT molecular complexity index is 1250. The van der Waals surface area contributed by atoms with Gasteiger partial charge >= 0.3 is 0 Å². The van der Waals surface area contributed by atoms with E-state index in [1.54, 1.807) is 6.07 Å². The number of methoxy groups -OCH3 is 1. The number of Topliss-reactive ketones (excluding diaryl/α,β-unsaturated/α-hetero) is 1. The van der Waals surface area contributed by atoms with Crippen LogP contribution in [0.4, 0.5) is 0 Å². The number of carbonyl (C=O) groups is 1. The summed E-state index contributed by atoms with van der Waals surface area (Å²) in [5, 5.41) is 92.3. The van der Waals surface area contributed by atoms with Gasteiger partial charge in [0, 0.05) is 18.6 Å². The average molecular weight is 613 g/mol. The van der Waals surface area contributed by atoms with Crippen LogP contribution in [0.2, 0.25) is 0 Å². The zero-order valence-corrected chi connectivity index (χ0v) is 23.3. The smallest absolute Gasteiger partial charge is 0.229 e. The van der Waals surface area contributed by atoms with E-state index in [0.29, 0.717) is 5.56 Å². The minimum absolute atomic E-state index is 0.110. The summed E-state index contributed by atoms with van der Waals surface area (Å²) in [5.41, 5.74) is 0.208. The van der Waals surface area contributed by atoms with Crippen LogP contribution >= 0.6 is 0 Å². The number of hydrogen-bond donors (Lipinski definition) is 9. The van der Waals surface area contributed by atoms with Crippen molar-refractivity contribution in [3.63, 3.8) is 0 Å². The molecule has 0 spiro atoms. The number of benzene rings is 2. The molecule has 0 saturated carbocycles. The lowest BCUT2D eigenvalue weighted by Gasteiger charge is -2.45. The standard InChI is InChI=1S/C28H36O15/c1-11-21(34)23(36)25(38)27(40-11)43-26-24(37)22(35)19(10-29)42-28(26)41-13-8-16(32)20(17(33)9-13)14(30)5-3-12-4-6-18(39-2)15(31)7-12/h4,6-9,11,19,21-29,31-38H,3,5,10H2,1-2H3/t11-,19-,21+,22-,23+,24-,25-,26+,27+,28-/m1/s1. The van der Waals surface area contributed by atoms with Crippen molar-refractivity contribution >= 4 is 5.78 Å². The molecule has 9 N–H and O–H groups in total. The molecule has 0 bridgehead atoms. The van der Waals surface area contributed by atoms with E-state index in [-0.39, 0.29) is 30.1 Å². The van der Waals surface area contributed by atoms with Gasteiger partial charge in [-0.2, -0.15) is 0 Å². The molecule has 2 aliphatic rings. The lowest BCUT2D eigenvalue weighted by atomic mass is 9.97. The van der Waals surface area contributed by atoms with Gasteiger partial charge in [0.1, 0.15) is 59.4 Å². The van der Waals surface area contributed by atoms with Gasteiger partial charge in [0.25, 0.3) is 0 Å². The Morgan fingerprint density at radius 1 is 0.837 bits per heavy atom. The molecule has 0 aliphatic carbocycles. The Labute approximate surface area is 245 Å². The summed E-state index contributed by atoms with van der Waals surface area (Å²) < 4.78 is 27.2. The molecule has 0 amide bonds. The van der Waals surface area contributed by atoms with E-state index in [1.165, 1.54) is 26.2 Å². The maximum Gasteiger partial charge on any atom is 0.229 e. The van der Waals surface area contributed by atoms with Gasteiger partial charge < -0.3 is 69.6 Å². The molecule has 10 atom stereocenters. The summed E-state index contributed by atoms with van der Waals surface area (Å²) in [5.74, 6) is -2.04. The van der Waals surface area contributed by atoms with E-state index in [2.05, 4.69) is 0 Å². The molecule has 0 aromatic heterocycles. The van der Waals surface area contributed by atoms with E-state index in [4.69, 9.17) is 23.7 Å². The zero-order valence-electron chi connectivity index (χ0n) is 23.3. The number of phenolic OH excluding ortho intramolecular Hbond substituents is 3. The first-order chi connectivity index (χ1) is 20.4. The number of aliphatic hydroxyl groups is 6. The first-order valence-corrected chi connectivity index (χ1v) is 13.5. The van der Waals surface area contributed by atoms with Gasteiger partial charge in [0.2, 0.25) is 6.29 Å². The van der Waals surface area contributed by atoms with Crippen molar-refractivity contribution in [1.82, 2.24) is 0 Å². The fourth-order valence-electron chi connectivity index (χ4n) is 4.93. The summed E-state index contributed by atoms with van der Waals surface area (Å²) in [7, 11) is 1.40. The molecule has 2 saturated heterocycles. The van der Waals surface area contributed by atoms with Crippen molar-refractivity contribution in [2.45, 2.75) is 81.2 Å². The van der Waals surface area contributed by atoms with E-state index in [9.17, 15) is 50.8 Å². The third kappa shape index (κ3) is 6.95. The van der Waals surface area contributed by atoms with Gasteiger partial charge in [-0.3, -0.25) is 4.79 Å². The van der Waals surface area contributed by atoms with Crippen LogP contribution in [0.15, 0.2) is 30.3 Å². The SMILES string of the molecule is COc1ccc(CCC(=O)c2c(O)cc(O[C@@H]3O[C@H](CO)[C@@H](O)[C@@H](O)[C@@H]3O[C@@H]3O[C@H](C)[C@H](O)[C@H](O)[C@H]3O)cc2O)cc1O. The summed E-state index contributed by atoms with van der Waals surface area (Å²) in [4.78, 5) is 12.9. The fourth-order valence-corrected chi connectivity index (χ4v) is 4.93. The maximum absolute atomic E-state index is 12.9. The highest BCUT2D eigenvalue weighted by molar-refractivity contribution is 6.01. The number of aryl methyl sites for hydroxylation is 1. The predicted octanol–water partition coefficient (Wildman–Crippen LogP) is -1.34. The molecule has 238 valence electrons. The van der Waals surface area contributed by atoms with Crippen LogP contribution in [-0.4, -0.2) is 127 Å². The van der Waals surface area contributed by atoms with Crippen molar-refractivity contribution in [1.29, 1.82) is 0 Å². The van der Waals surface area contributed by atoms with Crippen LogP contribution in [0, 0.1) is 0 Å². The minimum Gasteiger partial charge on any atom is -0.507 e. The Kier molecular flexibility index (Phi) is 10.3. The quantitative estimate of drug-likeness (QED) is 0.141. The van der Waals surface area contributed by atoms with Crippen molar-refractivity contribution in [2.24, 2.45) is 0 Å². The topological polar surface area (TPSA) is 245 Å². The Morgan fingerprint density at radius 3 is 2.12 bits per heavy atom. The molecular formula is C28H36O15. The predicted molar refractivity (Wildman–Crippen MR) is 143 cm³/mol. The van der Waals surface area contributed by atoms with Crippen LogP contribution in [-0.2, 0) is 20.6 Å². The largest absolute Gasteiger partial charge is 0.507 e. The molecule has 2 fully saturated rings. The lowest BCUT2D eigenvalue weighted by molar-refractivity contribution is -0.354. The second kappa shape index (κ2) is 13.6. The zero-order chi connectivity index (χ0) is 31.6. The first-order valence-electron chi connectivity index (χ1n) is 13.5. The van der Waals surface area contributed by atoms with Gasteiger partial charge in [0.15, 0.2) is 29.7 Å². The average Bonchev–Trinajstić information content (AvgIpc) is 2.96. The number of ketones is 1. The first kappa shape index (κ1) is 32.7. The number of phenols is 3. The molecule has 2 heterocycles. The highest BCUT2D eigenvalue weighted by Crippen LogP contribution is 2.37. The maximum atomic E-state index is 12.9. The molecule has 15 heteroatoms.